The zero-order chi connectivity index (χ0) is 20.1. The van der Waals surface area contributed by atoms with Gasteiger partial charge in [-0.1, -0.05) is 17.1 Å². The van der Waals surface area contributed by atoms with Crippen molar-refractivity contribution in [3.8, 4) is 0 Å². The van der Waals surface area contributed by atoms with E-state index < -0.39 is 40.2 Å². The van der Waals surface area contributed by atoms with Crippen molar-refractivity contribution in [1.82, 2.24) is 0 Å². The number of carbonyl (C=O) groups is 1. The molecule has 0 aliphatic carbocycles. The molecule has 11 heteroatoms. The Morgan fingerprint density at radius 3 is 1.69 bits per heavy atom. The molecule has 0 aromatic heterocycles. The molecule has 1 N–H and O–H groups in total. The number of carboxylic acid groups (broad SMARTS) is 1. The second-order valence-electron chi connectivity index (χ2n) is 6.71. The third-order valence-corrected chi connectivity index (χ3v) is 21.8. The third kappa shape index (κ3) is 7.05. The highest BCUT2D eigenvalue weighted by Gasteiger charge is 2.54. The van der Waals surface area contributed by atoms with Gasteiger partial charge in [0.05, 0.1) is 6.42 Å². The summed E-state index contributed by atoms with van der Waals surface area (Å²) in [5, 5.41) is 8.75. The number of thioether (sulfide) groups is 1. The number of aliphatic carboxylic acids is 1. The Hall–Kier alpha value is -0.252. The molecule has 1 aliphatic heterocycles. The Morgan fingerprint density at radius 2 is 1.31 bits per heavy atom. The quantitative estimate of drug-likeness (QED) is 0.423. The predicted molar refractivity (Wildman–Crippen MR) is 116 cm³/mol. The van der Waals surface area contributed by atoms with E-state index in [1.807, 2.05) is 26.2 Å². The average molecular weight is 451 g/mol. The molecule has 1 heterocycles. The minimum Gasteiger partial charge on any atom is -0.481 e. The fraction of sp³-hybridized carbons (Fsp3) is 0.533. The minimum atomic E-state index is -2.70. The van der Waals surface area contributed by atoms with Crippen molar-refractivity contribution in [1.29, 1.82) is 0 Å². The van der Waals surface area contributed by atoms with Crippen LogP contribution in [0.3, 0.4) is 0 Å². The van der Waals surface area contributed by atoms with Crippen molar-refractivity contribution in [3.05, 3.63) is 36.8 Å². The zero-order valence-corrected chi connectivity index (χ0v) is 20.9. The normalized spacial score (nSPS) is 38.0. The van der Waals surface area contributed by atoms with E-state index in [1.165, 1.54) is 0 Å². The number of hydrogen-bond donors (Lipinski definition) is 1. The molecule has 0 saturated carbocycles. The summed E-state index contributed by atoms with van der Waals surface area (Å²) in [7, 11) is -10.7. The highest BCUT2D eigenvalue weighted by atomic mass is 32.2. The van der Waals surface area contributed by atoms with Crippen LogP contribution in [-0.2, 0) is 21.3 Å². The molecule has 26 heavy (non-hydrogen) atoms. The van der Waals surface area contributed by atoms with E-state index in [-0.39, 0.29) is 6.42 Å². The molecule has 1 rings (SSSR count). The summed E-state index contributed by atoms with van der Waals surface area (Å²) in [6, 6.07) is 0.712. The van der Waals surface area contributed by atoms with Crippen LogP contribution in [0.5, 0.6) is 0 Å². The predicted octanol–water partition coefficient (Wildman–Crippen LogP) is 3.74. The molecule has 148 valence electrons. The molecular formula is C15H30O6SSi4. The van der Waals surface area contributed by atoms with E-state index >= 15 is 0 Å². The van der Waals surface area contributed by atoms with Gasteiger partial charge in [0.1, 0.15) is 0 Å². The first-order valence-corrected chi connectivity index (χ1v) is 19.3. The molecule has 0 aromatic carbocycles. The third-order valence-electron chi connectivity index (χ3n) is 3.92. The fourth-order valence-corrected chi connectivity index (χ4v) is 23.5. The molecule has 0 spiro atoms. The molecule has 1 aliphatic rings. The molecule has 0 radical (unpaired) electrons. The number of rotatable bonds is 9. The van der Waals surface area contributed by atoms with Crippen LogP contribution in [0.25, 0.3) is 0 Å². The van der Waals surface area contributed by atoms with Crippen molar-refractivity contribution in [2.75, 3.05) is 11.5 Å². The van der Waals surface area contributed by atoms with Crippen molar-refractivity contribution in [2.45, 2.75) is 38.7 Å². The maximum absolute atomic E-state index is 10.6. The standard InChI is InChI=1S/C15H30O6SSi4/c1-8-23(4)18-24(5,9-2)20-26(7,21-25(6,10-3)19-23)14-13-22-12-11-15(16)17/h8-10H,1-3,11-14H2,4-7H3,(H,16,17). The summed E-state index contributed by atoms with van der Waals surface area (Å²) in [6.45, 7) is 19.5. The Labute approximate surface area is 165 Å². The lowest BCUT2D eigenvalue weighted by molar-refractivity contribution is -0.136. The Balaban J connectivity index is 2.99. The smallest absolute Gasteiger partial charge is 0.344 e. The van der Waals surface area contributed by atoms with Crippen molar-refractivity contribution >= 4 is 52.0 Å². The van der Waals surface area contributed by atoms with E-state index in [1.54, 1.807) is 28.9 Å². The van der Waals surface area contributed by atoms with Gasteiger partial charge in [0.15, 0.2) is 0 Å². The highest BCUT2D eigenvalue weighted by Crippen LogP contribution is 2.34. The summed E-state index contributed by atoms with van der Waals surface area (Å²) < 4.78 is 25.8. The fourth-order valence-electron chi connectivity index (χ4n) is 2.62. The lowest BCUT2D eigenvalue weighted by Gasteiger charge is -2.47. The second kappa shape index (κ2) is 9.30. The monoisotopic (exact) mass is 450 g/mol. The van der Waals surface area contributed by atoms with E-state index in [4.69, 9.17) is 21.6 Å². The van der Waals surface area contributed by atoms with Gasteiger partial charge in [-0.05, 0) is 38.0 Å². The van der Waals surface area contributed by atoms with Crippen LogP contribution in [0, 0.1) is 0 Å². The zero-order valence-electron chi connectivity index (χ0n) is 16.1. The molecule has 0 amide bonds. The first-order chi connectivity index (χ1) is 11.9. The van der Waals surface area contributed by atoms with Gasteiger partial charge in [-0.2, -0.15) is 11.8 Å². The van der Waals surface area contributed by atoms with Crippen molar-refractivity contribution < 1.29 is 26.4 Å². The van der Waals surface area contributed by atoms with Gasteiger partial charge in [-0.3, -0.25) is 4.79 Å². The van der Waals surface area contributed by atoms with Gasteiger partial charge < -0.3 is 21.6 Å². The first kappa shape index (κ1) is 23.8. The van der Waals surface area contributed by atoms with Crippen LogP contribution in [0.2, 0.25) is 32.2 Å². The average Bonchev–Trinajstić information content (AvgIpc) is 2.52. The highest BCUT2D eigenvalue weighted by molar-refractivity contribution is 7.99. The topological polar surface area (TPSA) is 74.2 Å². The van der Waals surface area contributed by atoms with Crippen LogP contribution >= 0.6 is 11.8 Å². The maximum atomic E-state index is 10.6. The van der Waals surface area contributed by atoms with Crippen molar-refractivity contribution in [2.24, 2.45) is 0 Å². The van der Waals surface area contributed by atoms with Gasteiger partial charge in [0.25, 0.3) is 0 Å². The minimum absolute atomic E-state index is 0.151. The van der Waals surface area contributed by atoms with E-state index in [0.717, 1.165) is 5.75 Å². The van der Waals surface area contributed by atoms with Gasteiger partial charge in [0.2, 0.25) is 0 Å². The SMILES string of the molecule is C=C[Si]1(C)O[Si](C)(C=C)O[Si](C)(CCSCCC(=O)O)O[Si](C)(C=C)O1. The molecular weight excluding hydrogens is 421 g/mol. The van der Waals surface area contributed by atoms with Crippen LogP contribution in [0.1, 0.15) is 6.42 Å². The molecule has 0 aromatic rings. The summed E-state index contributed by atoms with van der Waals surface area (Å²) in [5.41, 5.74) is 5.26. The van der Waals surface area contributed by atoms with Crippen LogP contribution in [-0.4, -0.2) is 56.8 Å². The molecule has 2 unspecified atom stereocenters. The summed E-state index contributed by atoms with van der Waals surface area (Å²) >= 11 is 1.59. The molecule has 0 bridgehead atoms. The van der Waals surface area contributed by atoms with Crippen LogP contribution in [0.4, 0.5) is 0 Å². The van der Waals surface area contributed by atoms with E-state index in [2.05, 4.69) is 19.7 Å². The largest absolute Gasteiger partial charge is 0.481 e. The Kier molecular flexibility index (Phi) is 8.50. The van der Waals surface area contributed by atoms with E-state index in [0.29, 0.717) is 11.8 Å². The number of hydrogen-bond acceptors (Lipinski definition) is 6. The van der Waals surface area contributed by atoms with E-state index in [9.17, 15) is 4.79 Å². The van der Waals surface area contributed by atoms with Gasteiger partial charge >= 0.3 is 40.2 Å². The van der Waals surface area contributed by atoms with Gasteiger partial charge in [0, 0.05) is 5.75 Å². The number of carboxylic acids is 1. The summed E-state index contributed by atoms with van der Waals surface area (Å²) in [4.78, 5) is 10.6. The molecule has 1 fully saturated rings. The van der Waals surface area contributed by atoms with Crippen LogP contribution < -0.4 is 0 Å². The van der Waals surface area contributed by atoms with Gasteiger partial charge in [-0.25, -0.2) is 0 Å². The Morgan fingerprint density at radius 1 is 0.885 bits per heavy atom. The molecule has 1 saturated heterocycles. The lowest BCUT2D eigenvalue weighted by Crippen LogP contribution is -2.66. The van der Waals surface area contributed by atoms with Crippen LogP contribution in [0.15, 0.2) is 36.8 Å². The maximum Gasteiger partial charge on any atom is 0.344 e. The van der Waals surface area contributed by atoms with Crippen molar-refractivity contribution in [3.63, 3.8) is 0 Å². The summed E-state index contributed by atoms with van der Waals surface area (Å²) in [5.74, 6) is 0.545. The molecule has 6 nitrogen and oxygen atoms in total. The van der Waals surface area contributed by atoms with Gasteiger partial charge in [-0.15, -0.1) is 19.7 Å². The Bertz CT molecular complexity index is 536. The second-order valence-corrected chi connectivity index (χ2v) is 21.3. The molecule has 2 atom stereocenters. The summed E-state index contributed by atoms with van der Waals surface area (Å²) in [6.07, 6.45) is 0.151. The lowest BCUT2D eigenvalue weighted by atomic mass is 10.5. The first-order valence-electron chi connectivity index (χ1n) is 8.44.